The van der Waals surface area contributed by atoms with Gasteiger partial charge in [0, 0.05) is 12.4 Å². The van der Waals surface area contributed by atoms with Crippen molar-refractivity contribution >= 4 is 11.6 Å². The van der Waals surface area contributed by atoms with Gasteiger partial charge < -0.3 is 0 Å². The molecule has 0 aliphatic heterocycles. The highest BCUT2D eigenvalue weighted by Crippen LogP contribution is 2.10. The van der Waals surface area contributed by atoms with Gasteiger partial charge in [-0.05, 0) is 6.07 Å². The first-order chi connectivity index (χ1) is 5.34. The van der Waals surface area contributed by atoms with E-state index < -0.39 is 0 Å². The second kappa shape index (κ2) is 5.70. The highest BCUT2D eigenvalue weighted by Gasteiger charge is 1.93. The van der Waals surface area contributed by atoms with Crippen molar-refractivity contribution in [3.8, 4) is 6.07 Å². The number of nitriles is 1. The summed E-state index contributed by atoms with van der Waals surface area (Å²) in [5.41, 5.74) is 0.465. The van der Waals surface area contributed by atoms with Crippen molar-refractivity contribution in [1.29, 1.82) is 5.26 Å². The molecule has 0 fully saturated rings. The first-order valence-corrected chi connectivity index (χ1v) is 3.72. The number of nitrogens with zero attached hydrogens (tertiary/aromatic N) is 2. The third-order valence-electron chi connectivity index (χ3n) is 0.893. The van der Waals surface area contributed by atoms with Crippen LogP contribution in [-0.2, 0) is 0 Å². The molecule has 0 bridgehead atoms. The Morgan fingerprint density at radius 1 is 1.55 bits per heavy atom. The highest BCUT2D eigenvalue weighted by molar-refractivity contribution is 6.31. The number of pyridine rings is 1. The van der Waals surface area contributed by atoms with Crippen molar-refractivity contribution in [3.63, 3.8) is 0 Å². The van der Waals surface area contributed by atoms with Gasteiger partial charge in [0.15, 0.2) is 0 Å². The summed E-state index contributed by atoms with van der Waals surface area (Å²) in [6.07, 6.45) is 2.98. The maximum Gasteiger partial charge on any atom is 0.101 e. The van der Waals surface area contributed by atoms with Crippen LogP contribution in [0.1, 0.15) is 19.4 Å². The Kier molecular flexibility index (Phi) is 5.14. The van der Waals surface area contributed by atoms with Crippen LogP contribution in [0.5, 0.6) is 0 Å². The summed E-state index contributed by atoms with van der Waals surface area (Å²) < 4.78 is 0. The van der Waals surface area contributed by atoms with Gasteiger partial charge >= 0.3 is 0 Å². The van der Waals surface area contributed by atoms with Crippen molar-refractivity contribution in [2.45, 2.75) is 13.8 Å². The first-order valence-electron chi connectivity index (χ1n) is 3.34. The maximum atomic E-state index is 8.36. The number of hydrogen-bond donors (Lipinski definition) is 0. The van der Waals surface area contributed by atoms with Crippen LogP contribution >= 0.6 is 11.6 Å². The lowest BCUT2D eigenvalue weighted by atomic mass is 10.3. The molecule has 0 unspecified atom stereocenters. The predicted octanol–water partition coefficient (Wildman–Crippen LogP) is 2.63. The second-order valence-electron chi connectivity index (χ2n) is 1.47. The van der Waals surface area contributed by atoms with Crippen LogP contribution < -0.4 is 0 Å². The highest BCUT2D eigenvalue weighted by atomic mass is 35.5. The number of halogens is 1. The van der Waals surface area contributed by atoms with Gasteiger partial charge in [-0.25, -0.2) is 0 Å². The van der Waals surface area contributed by atoms with Gasteiger partial charge in [-0.2, -0.15) is 5.26 Å². The van der Waals surface area contributed by atoms with Gasteiger partial charge in [-0.1, -0.05) is 25.4 Å². The standard InChI is InChI=1S/C6H3ClN2.C2H6/c7-6-4-9-2-1-5(6)3-8;1-2/h1-2,4H;1-2H3. The lowest BCUT2D eigenvalue weighted by Crippen LogP contribution is -1.76. The number of aromatic nitrogens is 1. The molecule has 1 rings (SSSR count). The SMILES string of the molecule is CC.N#Cc1ccncc1Cl. The van der Waals surface area contributed by atoms with E-state index in [-0.39, 0.29) is 0 Å². The Balaban J connectivity index is 0.000000461. The molecule has 0 saturated heterocycles. The third-order valence-corrected chi connectivity index (χ3v) is 1.19. The summed E-state index contributed by atoms with van der Waals surface area (Å²) in [6.45, 7) is 4.00. The van der Waals surface area contributed by atoms with Gasteiger partial charge in [0.2, 0.25) is 0 Å². The molecule has 0 N–H and O–H groups in total. The van der Waals surface area contributed by atoms with Gasteiger partial charge in [-0.3, -0.25) is 4.98 Å². The van der Waals surface area contributed by atoms with E-state index in [1.165, 1.54) is 12.4 Å². The van der Waals surface area contributed by atoms with Crippen molar-refractivity contribution in [2.24, 2.45) is 0 Å². The molecule has 11 heavy (non-hydrogen) atoms. The largest absolute Gasteiger partial charge is 0.263 e. The first kappa shape index (κ1) is 9.93. The minimum atomic E-state index is 0.403. The van der Waals surface area contributed by atoms with E-state index in [4.69, 9.17) is 16.9 Å². The van der Waals surface area contributed by atoms with Crippen molar-refractivity contribution in [1.82, 2.24) is 4.98 Å². The number of rotatable bonds is 0. The van der Waals surface area contributed by atoms with E-state index in [0.717, 1.165) is 0 Å². The minimum absolute atomic E-state index is 0.403. The van der Waals surface area contributed by atoms with Gasteiger partial charge in [0.1, 0.15) is 6.07 Å². The molecule has 58 valence electrons. The Bertz CT molecular complexity index is 253. The Hall–Kier alpha value is -1.07. The molecule has 0 spiro atoms. The zero-order valence-corrected chi connectivity index (χ0v) is 7.26. The van der Waals surface area contributed by atoms with Crippen molar-refractivity contribution in [2.75, 3.05) is 0 Å². The van der Waals surface area contributed by atoms with Gasteiger partial charge in [0.25, 0.3) is 0 Å². The predicted molar refractivity (Wildman–Crippen MR) is 45.3 cm³/mol. The molecule has 0 atom stereocenters. The molecular weight excluding hydrogens is 160 g/mol. The average Bonchev–Trinajstić information content (AvgIpc) is 2.09. The summed E-state index contributed by atoms with van der Waals surface area (Å²) in [7, 11) is 0. The molecule has 1 aromatic rings. The van der Waals surface area contributed by atoms with Crippen molar-refractivity contribution in [3.05, 3.63) is 29.0 Å². The molecule has 3 heteroatoms. The summed E-state index contributed by atoms with van der Waals surface area (Å²) in [5.74, 6) is 0. The van der Waals surface area contributed by atoms with Crippen LogP contribution in [0, 0.1) is 11.3 Å². The lowest BCUT2D eigenvalue weighted by Gasteiger charge is -1.87. The fraction of sp³-hybridized carbons (Fsp3) is 0.250. The quantitative estimate of drug-likeness (QED) is 0.597. The summed E-state index contributed by atoms with van der Waals surface area (Å²) in [6, 6.07) is 3.50. The molecule has 0 saturated carbocycles. The molecule has 0 amide bonds. The van der Waals surface area contributed by atoms with E-state index in [1.54, 1.807) is 6.07 Å². The fourth-order valence-corrected chi connectivity index (χ4v) is 0.627. The summed E-state index contributed by atoms with van der Waals surface area (Å²) in [4.78, 5) is 3.71. The van der Waals surface area contributed by atoms with Crippen LogP contribution in [0.2, 0.25) is 5.02 Å². The molecule has 0 aliphatic carbocycles. The monoisotopic (exact) mass is 168 g/mol. The van der Waals surface area contributed by atoms with Crippen LogP contribution in [0.4, 0.5) is 0 Å². The topological polar surface area (TPSA) is 36.7 Å². The molecule has 0 aromatic carbocycles. The van der Waals surface area contributed by atoms with E-state index in [2.05, 4.69) is 4.98 Å². The zero-order valence-electron chi connectivity index (χ0n) is 6.50. The van der Waals surface area contributed by atoms with E-state index >= 15 is 0 Å². The molecule has 0 radical (unpaired) electrons. The van der Waals surface area contributed by atoms with Crippen molar-refractivity contribution < 1.29 is 0 Å². The van der Waals surface area contributed by atoms with Crippen LogP contribution in [0.15, 0.2) is 18.5 Å². The number of hydrogen-bond acceptors (Lipinski definition) is 2. The van der Waals surface area contributed by atoms with Gasteiger partial charge in [0.05, 0.1) is 10.6 Å². The van der Waals surface area contributed by atoms with Crippen LogP contribution in [0.3, 0.4) is 0 Å². The Morgan fingerprint density at radius 3 is 2.55 bits per heavy atom. The summed E-state index contributed by atoms with van der Waals surface area (Å²) >= 11 is 5.54. The molecule has 1 heterocycles. The van der Waals surface area contributed by atoms with Gasteiger partial charge in [-0.15, -0.1) is 0 Å². The molecule has 0 aliphatic rings. The molecule has 2 nitrogen and oxygen atoms in total. The summed E-state index contributed by atoms with van der Waals surface area (Å²) in [5, 5.41) is 8.76. The molecule has 1 aromatic heterocycles. The van der Waals surface area contributed by atoms with E-state index in [1.807, 2.05) is 19.9 Å². The lowest BCUT2D eigenvalue weighted by molar-refractivity contribution is 1.31. The van der Waals surface area contributed by atoms with Crippen LogP contribution in [0.25, 0.3) is 0 Å². The average molecular weight is 169 g/mol. The Labute approximate surface area is 71.4 Å². The maximum absolute atomic E-state index is 8.36. The zero-order chi connectivity index (χ0) is 8.69. The third kappa shape index (κ3) is 3.01. The van der Waals surface area contributed by atoms with Crippen LogP contribution in [-0.4, -0.2) is 4.98 Å². The van der Waals surface area contributed by atoms with E-state index in [9.17, 15) is 0 Å². The molecular formula is C8H9ClN2. The van der Waals surface area contributed by atoms with E-state index in [0.29, 0.717) is 10.6 Å². The Morgan fingerprint density at radius 2 is 2.18 bits per heavy atom. The fourth-order valence-electron chi connectivity index (χ4n) is 0.466. The smallest absolute Gasteiger partial charge is 0.101 e. The minimum Gasteiger partial charge on any atom is -0.263 e. The second-order valence-corrected chi connectivity index (χ2v) is 1.87. The normalized spacial score (nSPS) is 7.45.